The van der Waals surface area contributed by atoms with Gasteiger partial charge >= 0.3 is 17.9 Å². The van der Waals surface area contributed by atoms with Gasteiger partial charge in [-0.3, -0.25) is 14.4 Å². The summed E-state index contributed by atoms with van der Waals surface area (Å²) in [6.45, 7) is 6.42. The van der Waals surface area contributed by atoms with E-state index in [9.17, 15) is 14.4 Å². The fourth-order valence-corrected chi connectivity index (χ4v) is 7.57. The van der Waals surface area contributed by atoms with Crippen LogP contribution >= 0.6 is 0 Å². The lowest BCUT2D eigenvalue weighted by Crippen LogP contribution is -2.30. The molecule has 0 aromatic heterocycles. The minimum Gasteiger partial charge on any atom is -0.462 e. The van der Waals surface area contributed by atoms with E-state index in [0.717, 1.165) is 103 Å². The number of carbonyl (C=O) groups excluding carboxylic acids is 3. The van der Waals surface area contributed by atoms with Crippen LogP contribution in [0.1, 0.15) is 252 Å². The van der Waals surface area contributed by atoms with Gasteiger partial charge in [-0.15, -0.1) is 0 Å². The number of hydrogen-bond donors (Lipinski definition) is 0. The molecule has 0 rings (SSSR count). The van der Waals surface area contributed by atoms with Gasteiger partial charge < -0.3 is 14.2 Å². The van der Waals surface area contributed by atoms with Crippen LogP contribution < -0.4 is 0 Å². The van der Waals surface area contributed by atoms with Crippen LogP contribution in [0.4, 0.5) is 0 Å². The minimum atomic E-state index is -0.826. The highest BCUT2D eigenvalue weighted by molar-refractivity contribution is 5.71. The molecule has 0 aromatic carbocycles. The van der Waals surface area contributed by atoms with Crippen LogP contribution in [-0.2, 0) is 28.6 Å². The average molecular weight is 984 g/mol. The van der Waals surface area contributed by atoms with Gasteiger partial charge in [0.25, 0.3) is 0 Å². The van der Waals surface area contributed by atoms with Crippen LogP contribution in [0.3, 0.4) is 0 Å². The van der Waals surface area contributed by atoms with Crippen LogP contribution in [-0.4, -0.2) is 37.2 Å². The monoisotopic (exact) mass is 983 g/mol. The zero-order valence-corrected chi connectivity index (χ0v) is 45.9. The first-order valence-electron chi connectivity index (χ1n) is 29.0. The lowest BCUT2D eigenvalue weighted by atomic mass is 10.1. The molecule has 0 fully saturated rings. The fourth-order valence-electron chi connectivity index (χ4n) is 7.57. The van der Waals surface area contributed by atoms with Crippen molar-refractivity contribution < 1.29 is 28.6 Å². The Kier molecular flexibility index (Phi) is 54.9. The number of unbranched alkanes of at least 4 members (excludes halogenated alkanes) is 20. The number of allylic oxidation sites excluding steroid dienone is 20. The predicted octanol–water partition coefficient (Wildman–Crippen LogP) is 19.6. The zero-order valence-electron chi connectivity index (χ0n) is 45.9. The summed E-state index contributed by atoms with van der Waals surface area (Å²) in [6, 6.07) is 0. The molecule has 6 heteroatoms. The maximum Gasteiger partial charge on any atom is 0.306 e. The van der Waals surface area contributed by atoms with Crippen molar-refractivity contribution in [2.24, 2.45) is 0 Å². The highest BCUT2D eigenvalue weighted by Crippen LogP contribution is 2.13. The molecule has 0 aliphatic heterocycles. The first-order valence-corrected chi connectivity index (χ1v) is 29.0. The third kappa shape index (κ3) is 56.6. The summed E-state index contributed by atoms with van der Waals surface area (Å²) in [5.74, 6) is -1.01. The van der Waals surface area contributed by atoms with Crippen molar-refractivity contribution in [2.45, 2.75) is 258 Å². The predicted molar refractivity (Wildman–Crippen MR) is 306 cm³/mol. The summed E-state index contributed by atoms with van der Waals surface area (Å²) in [7, 11) is 0. The van der Waals surface area contributed by atoms with Crippen molar-refractivity contribution >= 4 is 17.9 Å². The average Bonchev–Trinajstić information content (AvgIpc) is 3.37. The zero-order chi connectivity index (χ0) is 51.4. The van der Waals surface area contributed by atoms with Gasteiger partial charge in [-0.05, 0) is 128 Å². The number of hydrogen-bond acceptors (Lipinski definition) is 6. The molecule has 6 nitrogen and oxygen atoms in total. The summed E-state index contributed by atoms with van der Waals surface area (Å²) in [6.07, 6.45) is 80.5. The molecular formula is C65H106O6. The van der Waals surface area contributed by atoms with E-state index in [1.54, 1.807) is 0 Å². The Hall–Kier alpha value is -4.19. The molecule has 0 aromatic rings. The Balaban J connectivity index is 4.55. The van der Waals surface area contributed by atoms with E-state index in [1.807, 2.05) is 0 Å². The summed E-state index contributed by atoms with van der Waals surface area (Å²) in [5, 5.41) is 0. The Morgan fingerprint density at radius 2 is 0.563 bits per heavy atom. The van der Waals surface area contributed by atoms with Crippen molar-refractivity contribution in [1.82, 2.24) is 0 Å². The van der Waals surface area contributed by atoms with Crippen LogP contribution in [0.5, 0.6) is 0 Å². The third-order valence-corrected chi connectivity index (χ3v) is 11.9. The molecule has 0 saturated heterocycles. The standard InChI is InChI=1S/C65H106O6/c1-4-7-10-13-16-19-22-25-28-31-32-35-37-40-43-46-49-52-55-58-64(67)70-61-62(71-65(68)59-56-53-50-47-44-41-38-34-30-27-24-21-18-15-12-9-6-3)60-69-63(66)57-54-51-48-45-42-39-36-33-29-26-23-20-17-14-11-8-5-2/h7,10,16,18-19,21,25-30,32,35,38,40-41,43,47,50,62H,4-6,8-9,11-15,17,20,22-24,31,33-34,36-37,39,42,44-46,48-49,51-61H2,1-3H3/b10-7+,19-16+,21-18+,28-25+,29-26+,30-27+,35-32+,41-38+,43-40+,50-47+/t62-/m1/s1. The molecule has 0 saturated carbocycles. The molecule has 1 atom stereocenters. The lowest BCUT2D eigenvalue weighted by molar-refractivity contribution is -0.167. The van der Waals surface area contributed by atoms with E-state index in [1.165, 1.54) is 103 Å². The SMILES string of the molecule is CC/C=C/C/C=C/C/C=C/C/C=C/C/C=C/CCCCCC(=O)OC[C@@H](COC(=O)CCCCCCCCC/C=C/CCCCCCCC)OC(=O)CCC/C=C/C/C=C/C/C=C/C/C=C/CCCCC. The van der Waals surface area contributed by atoms with Crippen molar-refractivity contribution in [3.63, 3.8) is 0 Å². The molecule has 402 valence electrons. The highest BCUT2D eigenvalue weighted by Gasteiger charge is 2.19. The van der Waals surface area contributed by atoms with Gasteiger partial charge in [-0.1, -0.05) is 226 Å². The van der Waals surface area contributed by atoms with Gasteiger partial charge in [0.1, 0.15) is 13.2 Å². The summed E-state index contributed by atoms with van der Waals surface area (Å²) < 4.78 is 16.8. The van der Waals surface area contributed by atoms with Crippen LogP contribution in [0.15, 0.2) is 122 Å². The second-order valence-electron chi connectivity index (χ2n) is 18.8. The number of carbonyl (C=O) groups is 3. The molecule has 0 radical (unpaired) electrons. The van der Waals surface area contributed by atoms with Gasteiger partial charge in [0, 0.05) is 19.3 Å². The van der Waals surface area contributed by atoms with Gasteiger partial charge in [0.15, 0.2) is 6.10 Å². The Morgan fingerprint density at radius 1 is 0.296 bits per heavy atom. The smallest absolute Gasteiger partial charge is 0.306 e. The second kappa shape index (κ2) is 58.4. The molecule has 0 N–H and O–H groups in total. The Labute approximate surface area is 437 Å². The van der Waals surface area contributed by atoms with Gasteiger partial charge in [-0.2, -0.15) is 0 Å². The summed E-state index contributed by atoms with van der Waals surface area (Å²) in [4.78, 5) is 38.2. The van der Waals surface area contributed by atoms with Crippen LogP contribution in [0, 0.1) is 0 Å². The first-order chi connectivity index (χ1) is 35.0. The molecule has 0 spiro atoms. The molecule has 0 amide bonds. The van der Waals surface area contributed by atoms with E-state index in [4.69, 9.17) is 14.2 Å². The van der Waals surface area contributed by atoms with E-state index < -0.39 is 6.10 Å². The number of ether oxygens (including phenoxy) is 3. The lowest BCUT2D eigenvalue weighted by Gasteiger charge is -2.18. The van der Waals surface area contributed by atoms with Crippen molar-refractivity contribution in [3.8, 4) is 0 Å². The normalized spacial score (nSPS) is 13.0. The van der Waals surface area contributed by atoms with Crippen molar-refractivity contribution in [1.29, 1.82) is 0 Å². The van der Waals surface area contributed by atoms with E-state index >= 15 is 0 Å². The summed E-state index contributed by atoms with van der Waals surface area (Å²) >= 11 is 0. The fraction of sp³-hybridized carbons (Fsp3) is 0.646. The molecule has 71 heavy (non-hydrogen) atoms. The quantitative estimate of drug-likeness (QED) is 0.0261. The number of rotatable bonds is 51. The first kappa shape index (κ1) is 66.8. The highest BCUT2D eigenvalue weighted by atomic mass is 16.6. The third-order valence-electron chi connectivity index (χ3n) is 11.9. The molecule has 0 aliphatic carbocycles. The topological polar surface area (TPSA) is 78.9 Å². The second-order valence-corrected chi connectivity index (χ2v) is 18.8. The van der Waals surface area contributed by atoms with Crippen LogP contribution in [0.2, 0.25) is 0 Å². The van der Waals surface area contributed by atoms with E-state index in [0.29, 0.717) is 19.3 Å². The van der Waals surface area contributed by atoms with Gasteiger partial charge in [-0.25, -0.2) is 0 Å². The molecule has 0 bridgehead atoms. The van der Waals surface area contributed by atoms with E-state index in [2.05, 4.69) is 142 Å². The Bertz CT molecular complexity index is 1500. The maximum absolute atomic E-state index is 12.8. The largest absolute Gasteiger partial charge is 0.462 e. The van der Waals surface area contributed by atoms with Gasteiger partial charge in [0.2, 0.25) is 0 Å². The van der Waals surface area contributed by atoms with Crippen molar-refractivity contribution in [3.05, 3.63) is 122 Å². The maximum atomic E-state index is 12.8. The summed E-state index contributed by atoms with van der Waals surface area (Å²) in [5.41, 5.74) is 0. The minimum absolute atomic E-state index is 0.115. The van der Waals surface area contributed by atoms with E-state index in [-0.39, 0.29) is 37.5 Å². The van der Waals surface area contributed by atoms with Crippen LogP contribution in [0.25, 0.3) is 0 Å². The Morgan fingerprint density at radius 3 is 0.958 bits per heavy atom. The van der Waals surface area contributed by atoms with Gasteiger partial charge in [0.05, 0.1) is 0 Å². The number of esters is 3. The molecule has 0 aliphatic rings. The molecule has 0 heterocycles. The molecular weight excluding hydrogens is 877 g/mol. The van der Waals surface area contributed by atoms with Crippen molar-refractivity contribution in [2.75, 3.05) is 13.2 Å². The molecule has 0 unspecified atom stereocenters.